The topological polar surface area (TPSA) is 314 Å². The lowest BCUT2D eigenvalue weighted by atomic mass is 9.79. The number of nitrogens with two attached hydrogens (primary N) is 1. The quantitative estimate of drug-likeness (QED) is 0.0116. The third kappa shape index (κ3) is 20.2. The van der Waals surface area contributed by atoms with Gasteiger partial charge in [0.05, 0.1) is 86.4 Å². The molecule has 1 amide bonds. The van der Waals surface area contributed by atoms with Gasteiger partial charge < -0.3 is 63.1 Å². The molecule has 6 aromatic heterocycles. The third-order valence-electron chi connectivity index (χ3n) is 16.3. The van der Waals surface area contributed by atoms with Crippen LogP contribution in [0.3, 0.4) is 0 Å². The summed E-state index contributed by atoms with van der Waals surface area (Å²) in [6, 6.07) is 39.9. The Labute approximate surface area is 629 Å². The first-order valence-corrected chi connectivity index (χ1v) is 35.5. The number of ether oxygens (including phenoxy) is 5. The predicted molar refractivity (Wildman–Crippen MR) is 420 cm³/mol. The number of nitrogen functional groups attached to an aromatic ring is 1. The number of aromatic nitrogens is 8. The molecule has 0 saturated carbocycles. The molecule has 29 heteroatoms. The largest absolute Gasteiger partial charge is 0.497 e. The minimum absolute atomic E-state index is 0.294. The van der Waals surface area contributed by atoms with E-state index in [2.05, 4.69) is 186 Å². The molecular formula is C75H84BBr3N14O11. The summed E-state index contributed by atoms with van der Waals surface area (Å²) in [5, 5.41) is 31.6. The molecule has 1 aliphatic heterocycles. The number of hydrazine groups is 1. The Morgan fingerprint density at radius 3 is 1.33 bits per heavy atom. The number of hydrogen-bond donors (Lipinski definition) is 6. The van der Waals surface area contributed by atoms with E-state index in [4.69, 9.17) is 47.7 Å². The number of anilines is 4. The van der Waals surface area contributed by atoms with Gasteiger partial charge in [0.1, 0.15) is 11.3 Å². The molecule has 12 aromatic rings. The summed E-state index contributed by atoms with van der Waals surface area (Å²) in [5.74, 6) is 6.15. The number of benzene rings is 6. The number of fused-ring (bicyclic) bond motifs is 4. The second-order valence-electron chi connectivity index (χ2n) is 23.5. The fraction of sp³-hybridized carbons (Fsp3) is 0.280. The molecule has 544 valence electrons. The number of carbonyl (C=O) groups excluding carboxylic acids is 2. The average molecular weight is 1610 g/mol. The van der Waals surface area contributed by atoms with Gasteiger partial charge >= 0.3 is 13.1 Å². The summed E-state index contributed by atoms with van der Waals surface area (Å²) in [6.45, 7) is 19.5. The van der Waals surface area contributed by atoms with Crippen molar-refractivity contribution in [2.75, 3.05) is 83.0 Å². The van der Waals surface area contributed by atoms with Crippen LogP contribution in [0, 0.1) is 6.92 Å². The van der Waals surface area contributed by atoms with Crippen molar-refractivity contribution in [3.8, 4) is 39.8 Å². The molecule has 7 heterocycles. The number of hydrogen-bond acceptors (Lipinski definition) is 24. The van der Waals surface area contributed by atoms with Gasteiger partial charge in [-0.25, -0.2) is 10.6 Å². The minimum Gasteiger partial charge on any atom is -0.497 e. The molecule has 1 aliphatic rings. The van der Waals surface area contributed by atoms with Crippen LogP contribution in [0.2, 0.25) is 0 Å². The summed E-state index contributed by atoms with van der Waals surface area (Å²) < 4.78 is 50.7. The van der Waals surface area contributed by atoms with Gasteiger partial charge in [-0.3, -0.25) is 30.2 Å². The number of methoxy groups -OCH3 is 1. The van der Waals surface area contributed by atoms with Crippen LogP contribution in [0.1, 0.15) is 81.7 Å². The first kappa shape index (κ1) is 80.1. The Morgan fingerprint density at radius 2 is 0.923 bits per heavy atom. The molecule has 1 saturated heterocycles. The Kier molecular flexibility index (Phi) is 29.5. The van der Waals surface area contributed by atoms with Crippen molar-refractivity contribution in [2.24, 2.45) is 5.84 Å². The number of aryl methyl sites for hydroxylation is 1. The molecular weight excluding hydrogens is 1520 g/mol. The number of amides is 1. The molecule has 0 aliphatic carbocycles. The molecule has 104 heavy (non-hydrogen) atoms. The number of nitrogens with zero attached hydrogens (tertiary/aromatic N) is 8. The molecule has 25 nitrogen and oxygen atoms in total. The number of nitrogens with one attached hydrogen (secondary N) is 5. The molecule has 0 bridgehead atoms. The van der Waals surface area contributed by atoms with E-state index < -0.39 is 6.48 Å². The fourth-order valence-electron chi connectivity index (χ4n) is 10.5. The van der Waals surface area contributed by atoms with Crippen LogP contribution >= 0.6 is 47.8 Å². The number of esters is 1. The van der Waals surface area contributed by atoms with Gasteiger partial charge in [0.2, 0.25) is 12.8 Å². The highest BCUT2D eigenvalue weighted by Crippen LogP contribution is 2.39. The Hall–Kier alpha value is -9.56. The van der Waals surface area contributed by atoms with Crippen molar-refractivity contribution in [3.05, 3.63) is 189 Å². The maximum Gasteiger partial charge on any atom is 0.494 e. The van der Waals surface area contributed by atoms with Gasteiger partial charge in [0.15, 0.2) is 0 Å². The second kappa shape index (κ2) is 38.3. The minimum atomic E-state index is -0.472. The summed E-state index contributed by atoms with van der Waals surface area (Å²) in [5.41, 5.74) is 15.3. The van der Waals surface area contributed by atoms with Crippen molar-refractivity contribution < 1.29 is 51.4 Å². The smallest absolute Gasteiger partial charge is 0.494 e. The molecule has 0 radical (unpaired) electrons. The Morgan fingerprint density at radius 1 is 0.519 bits per heavy atom. The van der Waals surface area contributed by atoms with E-state index in [-0.39, 0.29) is 30.2 Å². The van der Waals surface area contributed by atoms with Crippen LogP contribution in [0.15, 0.2) is 181 Å². The number of pyridine rings is 4. The van der Waals surface area contributed by atoms with Gasteiger partial charge in [-0.05, 0) is 158 Å². The zero-order valence-corrected chi connectivity index (χ0v) is 65.0. The molecule has 1 fully saturated rings. The van der Waals surface area contributed by atoms with Crippen molar-refractivity contribution >= 4 is 139 Å². The number of rotatable bonds is 18. The van der Waals surface area contributed by atoms with Crippen LogP contribution in [0.25, 0.3) is 77.6 Å². The monoisotopic (exact) mass is 1600 g/mol. The van der Waals surface area contributed by atoms with Crippen LogP contribution < -0.4 is 42.7 Å². The van der Waals surface area contributed by atoms with Crippen LogP contribution in [0.4, 0.5) is 22.7 Å². The molecule has 0 unspecified atom stereocenters. The molecule has 13 rings (SSSR count). The van der Waals surface area contributed by atoms with E-state index in [0.717, 1.165) is 102 Å². The number of carbonyl (C=O) groups is 2. The number of halogens is 3. The normalized spacial score (nSPS) is 12.4. The molecule has 7 N–H and O–H groups in total. The van der Waals surface area contributed by atoms with Gasteiger partial charge in [-0.2, -0.15) is 0 Å². The van der Waals surface area contributed by atoms with E-state index in [1.54, 1.807) is 46.7 Å². The van der Waals surface area contributed by atoms with E-state index in [1.165, 1.54) is 30.1 Å². The molecule has 0 spiro atoms. The molecule has 6 aromatic carbocycles. The van der Waals surface area contributed by atoms with Crippen LogP contribution in [0.5, 0.6) is 5.75 Å². The average Bonchev–Trinajstić information content (AvgIpc) is 1.57. The summed E-state index contributed by atoms with van der Waals surface area (Å²) in [4.78, 5) is 40.9. The van der Waals surface area contributed by atoms with Crippen molar-refractivity contribution in [3.63, 3.8) is 0 Å². The van der Waals surface area contributed by atoms with Crippen LogP contribution in [-0.2, 0) is 28.3 Å². The van der Waals surface area contributed by atoms with Crippen molar-refractivity contribution in [1.29, 1.82) is 0 Å². The predicted octanol–water partition coefficient (Wildman–Crippen LogP) is 15.6. The summed E-state index contributed by atoms with van der Waals surface area (Å²) >= 11 is 10.3. The summed E-state index contributed by atoms with van der Waals surface area (Å²) in [7, 11) is 8.62. The van der Waals surface area contributed by atoms with E-state index in [9.17, 15) is 9.59 Å². The molecule has 0 atom stereocenters. The maximum absolute atomic E-state index is 11.8. The fourth-order valence-corrected chi connectivity index (χ4v) is 11.6. The first-order chi connectivity index (χ1) is 50.1. The lowest BCUT2D eigenvalue weighted by Crippen LogP contribution is -2.41. The second-order valence-corrected chi connectivity index (χ2v) is 26.2. The maximum atomic E-state index is 11.8. The van der Waals surface area contributed by atoms with E-state index in [0.29, 0.717) is 55.0 Å². The van der Waals surface area contributed by atoms with Gasteiger partial charge in [0.25, 0.3) is 24.2 Å². The van der Waals surface area contributed by atoms with Gasteiger partial charge in [0, 0.05) is 108 Å². The highest BCUT2D eigenvalue weighted by atomic mass is 79.9. The van der Waals surface area contributed by atoms with Gasteiger partial charge in [-0.15, -0.1) is 20.4 Å². The van der Waals surface area contributed by atoms with E-state index in [1.807, 2.05) is 120 Å². The zero-order chi connectivity index (χ0) is 75.1. The lowest BCUT2D eigenvalue weighted by Gasteiger charge is -2.32. The summed E-state index contributed by atoms with van der Waals surface area (Å²) in [6.07, 6.45) is 9.16. The van der Waals surface area contributed by atoms with Crippen LogP contribution in [-0.4, -0.2) is 139 Å². The van der Waals surface area contributed by atoms with Crippen molar-refractivity contribution in [2.45, 2.75) is 80.0 Å². The van der Waals surface area contributed by atoms with Gasteiger partial charge in [-0.1, -0.05) is 95.8 Å². The Balaban J connectivity index is 0.000000160. The lowest BCUT2D eigenvalue weighted by molar-refractivity contribution is -0.282. The SMILES string of the molecule is CCOC(=O)c1cnc2ccc(Br)cc2c1NC.CCOC(OCC)OCC.CNc1c(-c2nnco2)cnc2ccc(-c3ccc(C)cc3)cc12.CNc1c(-c2nnco2)cnc2ccc(Br)cc12.CNc1c(C(=O)NN)cnc2ccc(Br)cc12.COc1ccc(B2OC(C)(C)C(C)(C)O2)cc1. The van der Waals surface area contributed by atoms with Crippen molar-refractivity contribution in [1.82, 2.24) is 45.8 Å². The highest BCUT2D eigenvalue weighted by Gasteiger charge is 2.51. The Bertz CT molecular complexity index is 4770. The van der Waals surface area contributed by atoms with E-state index >= 15 is 0 Å². The first-order valence-electron chi connectivity index (χ1n) is 33.1. The zero-order valence-electron chi connectivity index (χ0n) is 60.3. The third-order valence-corrected chi connectivity index (χ3v) is 17.8. The standard InChI is InChI=1S/C19H16N4O.C13H19BO3.C13H13BrN2O2.C12H9BrN4O.C11H11BrN4O.C7H16O3/c1-12-3-5-13(6-4-12)14-7-8-17-15(9-14)18(20-2)16(10-21-17)19-23-22-11-24-19;1-12(2)13(3,4)17-14(16-12)10-6-8-11(15-5)9-7-10;1-3-18-13(17)10-7-16-11-5-4-8(14)6-9(11)12(10)15-2;1-14-11-8-4-7(13)2-3-10(8)15-5-9(11)12-17-16-6-18-12;1-14-10-7-4-6(12)2-3-9(7)15-5-8(10)11(17)16-13;1-4-8-7(9-5-2)10-6-3/h3-11H,1-2H3,(H,20,21);6-9H,1-5H3;4-7H,3H2,1-2H3,(H,15,16);2-6H,1H3,(H,14,15);2-5H,13H2,1H3,(H,14,15)(H,16,17);7H,4-6H2,1-3H3. The highest BCUT2D eigenvalue weighted by molar-refractivity contribution is 9.11.